The van der Waals surface area contributed by atoms with Gasteiger partial charge in [-0.25, -0.2) is 8.42 Å². The van der Waals surface area contributed by atoms with Gasteiger partial charge in [0.25, 0.3) is 0 Å². The molecule has 0 heterocycles. The second-order valence-electron chi connectivity index (χ2n) is 6.28. The number of hydrogen-bond donors (Lipinski definition) is 2. The van der Waals surface area contributed by atoms with Crippen molar-refractivity contribution in [2.24, 2.45) is 0 Å². The molecule has 0 atom stereocenters. The maximum atomic E-state index is 13.0. The van der Waals surface area contributed by atoms with Crippen LogP contribution in [0.15, 0.2) is 82.6 Å². The Morgan fingerprint density at radius 1 is 0.867 bits per heavy atom. The van der Waals surface area contributed by atoms with Gasteiger partial charge in [0, 0.05) is 6.07 Å². The number of carbonyl (C=O) groups is 1. The lowest BCUT2D eigenvalue weighted by atomic mass is 10.2. The molecule has 8 heteroatoms. The summed E-state index contributed by atoms with van der Waals surface area (Å²) >= 11 is 0. The summed E-state index contributed by atoms with van der Waals surface area (Å²) in [5.41, 5.74) is 0.794. The quantitative estimate of drug-likeness (QED) is 0.572. The number of anilines is 2. The third kappa shape index (κ3) is 4.72. The monoisotopic (exact) mass is 426 g/mol. The van der Waals surface area contributed by atoms with E-state index in [0.29, 0.717) is 22.9 Å². The van der Waals surface area contributed by atoms with Crippen molar-refractivity contribution in [2.45, 2.75) is 9.79 Å². The third-order valence-electron chi connectivity index (χ3n) is 4.35. The molecule has 0 bridgehead atoms. The van der Waals surface area contributed by atoms with E-state index < -0.39 is 9.84 Å². The Balaban J connectivity index is 1.77. The van der Waals surface area contributed by atoms with Gasteiger partial charge in [-0.2, -0.15) is 0 Å². The highest BCUT2D eigenvalue weighted by Gasteiger charge is 2.21. The fraction of sp³-hybridized carbons (Fsp3) is 0.136. The average molecular weight is 426 g/mol. The molecular weight excluding hydrogens is 404 g/mol. The fourth-order valence-corrected chi connectivity index (χ4v) is 4.31. The topological polar surface area (TPSA) is 93.7 Å². The van der Waals surface area contributed by atoms with Crippen molar-refractivity contribution in [1.82, 2.24) is 0 Å². The van der Waals surface area contributed by atoms with Crippen LogP contribution in [-0.2, 0) is 14.6 Å². The minimum absolute atomic E-state index is 0.1000. The Kier molecular flexibility index (Phi) is 6.58. The number of rotatable bonds is 8. The largest absolute Gasteiger partial charge is 0.497 e. The summed E-state index contributed by atoms with van der Waals surface area (Å²) in [6.45, 7) is -0.137. The molecule has 156 valence electrons. The molecule has 1 amide bonds. The Bertz CT molecular complexity index is 1130. The van der Waals surface area contributed by atoms with E-state index in [9.17, 15) is 13.2 Å². The van der Waals surface area contributed by atoms with E-state index in [1.54, 1.807) is 54.6 Å². The van der Waals surface area contributed by atoms with E-state index in [0.717, 1.165) is 0 Å². The highest BCUT2D eigenvalue weighted by atomic mass is 32.2. The summed E-state index contributed by atoms with van der Waals surface area (Å²) in [5.74, 6) is 0.683. The first kappa shape index (κ1) is 21.2. The van der Waals surface area contributed by atoms with Crippen LogP contribution in [0.3, 0.4) is 0 Å². The van der Waals surface area contributed by atoms with Gasteiger partial charge in [-0.05, 0) is 36.4 Å². The number of methoxy groups -OCH3 is 2. The number of benzene rings is 3. The normalized spacial score (nSPS) is 10.9. The molecule has 7 nitrogen and oxygen atoms in total. The smallest absolute Gasteiger partial charge is 0.243 e. The predicted octanol–water partition coefficient (Wildman–Crippen LogP) is 3.59. The lowest BCUT2D eigenvalue weighted by Crippen LogP contribution is -2.23. The van der Waals surface area contributed by atoms with Gasteiger partial charge in [0.05, 0.1) is 41.9 Å². The summed E-state index contributed by atoms with van der Waals surface area (Å²) in [4.78, 5) is 12.8. The molecule has 2 N–H and O–H groups in total. The van der Waals surface area contributed by atoms with Gasteiger partial charge in [0.1, 0.15) is 11.5 Å². The molecule has 0 saturated carbocycles. The summed E-state index contributed by atoms with van der Waals surface area (Å²) in [6, 6.07) is 19.7. The average Bonchev–Trinajstić information content (AvgIpc) is 2.78. The summed E-state index contributed by atoms with van der Waals surface area (Å²) in [7, 11) is -0.700. The van der Waals surface area contributed by atoms with Crippen LogP contribution in [-0.4, -0.2) is 35.1 Å². The number of para-hydroxylation sites is 1. The van der Waals surface area contributed by atoms with Gasteiger partial charge in [0.2, 0.25) is 15.7 Å². The lowest BCUT2D eigenvalue weighted by molar-refractivity contribution is -0.114. The first-order valence-electron chi connectivity index (χ1n) is 9.10. The van der Waals surface area contributed by atoms with Crippen LogP contribution in [0.2, 0.25) is 0 Å². The van der Waals surface area contributed by atoms with Crippen LogP contribution >= 0.6 is 0 Å². The van der Waals surface area contributed by atoms with Crippen molar-refractivity contribution >= 4 is 27.1 Å². The Morgan fingerprint density at radius 2 is 1.57 bits per heavy atom. The molecule has 0 saturated heterocycles. The number of carbonyl (C=O) groups excluding carboxylic acids is 1. The molecule has 30 heavy (non-hydrogen) atoms. The maximum absolute atomic E-state index is 13.0. The SMILES string of the molecule is COc1ccc(OC)c(NC(=O)CNc2ccccc2S(=O)(=O)c2ccccc2)c1. The molecule has 3 aromatic rings. The molecule has 0 unspecified atom stereocenters. The van der Waals surface area contributed by atoms with Crippen molar-refractivity contribution in [3.05, 3.63) is 72.8 Å². The minimum atomic E-state index is -3.73. The zero-order valence-corrected chi connectivity index (χ0v) is 17.4. The van der Waals surface area contributed by atoms with E-state index >= 15 is 0 Å². The number of nitrogens with one attached hydrogen (secondary N) is 2. The first-order valence-corrected chi connectivity index (χ1v) is 10.6. The molecule has 0 aliphatic heterocycles. The van der Waals surface area contributed by atoms with Gasteiger partial charge in [-0.15, -0.1) is 0 Å². The minimum Gasteiger partial charge on any atom is -0.497 e. The number of hydrogen-bond acceptors (Lipinski definition) is 6. The van der Waals surface area contributed by atoms with Crippen LogP contribution in [0.1, 0.15) is 0 Å². The second-order valence-corrected chi connectivity index (χ2v) is 8.20. The zero-order valence-electron chi connectivity index (χ0n) is 16.6. The van der Waals surface area contributed by atoms with Crippen LogP contribution in [0.4, 0.5) is 11.4 Å². The van der Waals surface area contributed by atoms with Gasteiger partial charge < -0.3 is 20.1 Å². The number of amides is 1. The number of sulfone groups is 1. The molecule has 3 rings (SSSR count). The van der Waals surface area contributed by atoms with Crippen LogP contribution in [0.5, 0.6) is 11.5 Å². The second kappa shape index (κ2) is 9.32. The van der Waals surface area contributed by atoms with Crippen molar-refractivity contribution < 1.29 is 22.7 Å². The van der Waals surface area contributed by atoms with Crippen LogP contribution < -0.4 is 20.1 Å². The molecule has 3 aromatic carbocycles. The fourth-order valence-electron chi connectivity index (χ4n) is 2.86. The summed E-state index contributed by atoms with van der Waals surface area (Å²) in [6.07, 6.45) is 0. The summed E-state index contributed by atoms with van der Waals surface area (Å²) < 4.78 is 36.4. The van der Waals surface area contributed by atoms with Crippen molar-refractivity contribution in [3.63, 3.8) is 0 Å². The van der Waals surface area contributed by atoms with E-state index in [2.05, 4.69) is 10.6 Å². The van der Waals surface area contributed by atoms with Gasteiger partial charge in [0.15, 0.2) is 0 Å². The lowest BCUT2D eigenvalue weighted by Gasteiger charge is -2.14. The Labute approximate surface area is 175 Å². The molecule has 0 fully saturated rings. The summed E-state index contributed by atoms with van der Waals surface area (Å²) in [5, 5.41) is 5.65. The van der Waals surface area contributed by atoms with Crippen molar-refractivity contribution in [3.8, 4) is 11.5 Å². The van der Waals surface area contributed by atoms with E-state index in [4.69, 9.17) is 9.47 Å². The maximum Gasteiger partial charge on any atom is 0.243 e. The van der Waals surface area contributed by atoms with Gasteiger partial charge in [-0.3, -0.25) is 4.79 Å². The van der Waals surface area contributed by atoms with Crippen molar-refractivity contribution in [2.75, 3.05) is 31.4 Å². The highest BCUT2D eigenvalue weighted by molar-refractivity contribution is 7.91. The van der Waals surface area contributed by atoms with Gasteiger partial charge >= 0.3 is 0 Å². The third-order valence-corrected chi connectivity index (χ3v) is 6.18. The van der Waals surface area contributed by atoms with Gasteiger partial charge in [-0.1, -0.05) is 30.3 Å². The van der Waals surface area contributed by atoms with Crippen LogP contribution in [0.25, 0.3) is 0 Å². The van der Waals surface area contributed by atoms with Crippen molar-refractivity contribution in [1.29, 1.82) is 0 Å². The van der Waals surface area contributed by atoms with E-state index in [1.807, 2.05) is 0 Å². The standard InChI is InChI=1S/C22H22N2O5S/c1-28-16-12-13-20(29-2)19(14-16)24-22(25)15-23-18-10-6-7-11-21(18)30(26,27)17-8-4-3-5-9-17/h3-14,23H,15H2,1-2H3,(H,24,25). The Hall–Kier alpha value is -3.52. The molecule has 0 radical (unpaired) electrons. The predicted molar refractivity (Wildman–Crippen MR) is 115 cm³/mol. The zero-order chi connectivity index (χ0) is 21.6. The Morgan fingerprint density at radius 3 is 2.27 bits per heavy atom. The number of ether oxygens (including phenoxy) is 2. The first-order chi connectivity index (χ1) is 14.5. The molecule has 0 spiro atoms. The highest BCUT2D eigenvalue weighted by Crippen LogP contribution is 2.29. The molecule has 0 aliphatic rings. The van der Waals surface area contributed by atoms with E-state index in [-0.39, 0.29) is 22.2 Å². The molecule has 0 aromatic heterocycles. The van der Waals surface area contributed by atoms with Crippen LogP contribution in [0, 0.1) is 0 Å². The molecule has 0 aliphatic carbocycles. The molecular formula is C22H22N2O5S. The van der Waals surface area contributed by atoms with E-state index in [1.165, 1.54) is 32.4 Å².